The molecule has 1 aromatic heterocycles. The molecule has 0 aliphatic heterocycles. The van der Waals surface area contributed by atoms with E-state index in [4.69, 9.17) is 14.5 Å². The van der Waals surface area contributed by atoms with E-state index in [1.165, 1.54) is 0 Å². The van der Waals surface area contributed by atoms with Crippen molar-refractivity contribution in [3.63, 3.8) is 0 Å². The first kappa shape index (κ1) is 27.7. The largest absolute Gasteiger partial charge is 0.493 e. The Labute approximate surface area is 229 Å². The number of likely N-dealkylation sites (N-methyl/N-ethyl adjacent to an activating group) is 1. The minimum atomic E-state index is -0.143. The van der Waals surface area contributed by atoms with Gasteiger partial charge in [0.1, 0.15) is 12.4 Å². The lowest BCUT2D eigenvalue weighted by Crippen LogP contribution is -2.34. The summed E-state index contributed by atoms with van der Waals surface area (Å²) >= 11 is 0. The fourth-order valence-electron chi connectivity index (χ4n) is 4.69. The number of methoxy groups -OCH3 is 2. The summed E-state index contributed by atoms with van der Waals surface area (Å²) in [4.78, 5) is 32.5. The topological polar surface area (TPSA) is 85.7 Å². The second kappa shape index (κ2) is 13.5. The lowest BCUT2D eigenvalue weighted by Gasteiger charge is -2.22. The molecule has 4 aromatic rings. The van der Waals surface area contributed by atoms with E-state index in [0.29, 0.717) is 30.2 Å². The number of carbonyl (C=O) groups is 2. The van der Waals surface area contributed by atoms with E-state index < -0.39 is 0 Å². The van der Waals surface area contributed by atoms with Crippen molar-refractivity contribution in [1.29, 1.82) is 0 Å². The molecule has 1 N–H and O–H groups in total. The van der Waals surface area contributed by atoms with Crippen molar-refractivity contribution in [3.05, 3.63) is 84.2 Å². The molecule has 0 saturated heterocycles. The Morgan fingerprint density at radius 1 is 0.897 bits per heavy atom. The molecule has 0 unspecified atom stereocenters. The summed E-state index contributed by atoms with van der Waals surface area (Å²) in [5.41, 5.74) is 3.28. The fourth-order valence-corrected chi connectivity index (χ4v) is 4.69. The zero-order chi connectivity index (χ0) is 27.6. The van der Waals surface area contributed by atoms with Gasteiger partial charge in [0.25, 0.3) is 5.91 Å². The number of carbonyl (C=O) groups excluding carboxylic acids is 2. The molecule has 0 saturated carbocycles. The Bertz CT molecular complexity index is 1400. The number of nitrogens with zero attached hydrogens (tertiary/aromatic N) is 3. The first-order chi connectivity index (χ1) is 19.0. The summed E-state index contributed by atoms with van der Waals surface area (Å²) in [5, 5.41) is 2.97. The van der Waals surface area contributed by atoms with Gasteiger partial charge in [-0.25, -0.2) is 4.98 Å². The van der Waals surface area contributed by atoms with Crippen LogP contribution in [0.15, 0.2) is 72.8 Å². The Kier molecular flexibility index (Phi) is 9.56. The van der Waals surface area contributed by atoms with Gasteiger partial charge in [-0.3, -0.25) is 9.59 Å². The molecular weight excluding hydrogens is 492 g/mol. The van der Waals surface area contributed by atoms with E-state index in [-0.39, 0.29) is 18.4 Å². The number of amides is 2. The zero-order valence-electron chi connectivity index (χ0n) is 22.9. The average Bonchev–Trinajstić information content (AvgIpc) is 3.32. The van der Waals surface area contributed by atoms with Gasteiger partial charge in [-0.1, -0.05) is 36.8 Å². The normalized spacial score (nSPS) is 10.8. The summed E-state index contributed by atoms with van der Waals surface area (Å²) in [7, 11) is 3.11. The van der Waals surface area contributed by atoms with E-state index in [1.54, 1.807) is 37.3 Å². The molecule has 0 aliphatic rings. The van der Waals surface area contributed by atoms with Gasteiger partial charge < -0.3 is 24.3 Å². The number of fused-ring (bicyclic) bond motifs is 1. The van der Waals surface area contributed by atoms with Crippen molar-refractivity contribution in [2.24, 2.45) is 0 Å². The highest BCUT2D eigenvalue weighted by Crippen LogP contribution is 2.27. The lowest BCUT2D eigenvalue weighted by molar-refractivity contribution is -0.119. The smallest absolute Gasteiger partial charge is 0.251 e. The van der Waals surface area contributed by atoms with Crippen LogP contribution in [0.25, 0.3) is 11.0 Å². The molecular formula is C31H36N4O4. The lowest BCUT2D eigenvalue weighted by atomic mass is 10.1. The maximum absolute atomic E-state index is 13.3. The van der Waals surface area contributed by atoms with Crippen LogP contribution in [-0.2, 0) is 17.8 Å². The molecule has 2 amide bonds. The molecule has 1 heterocycles. The monoisotopic (exact) mass is 528 g/mol. The number of para-hydroxylation sites is 3. The highest BCUT2D eigenvalue weighted by molar-refractivity contribution is 5.95. The number of ether oxygens (including phenoxy) is 2. The van der Waals surface area contributed by atoms with E-state index in [0.717, 1.165) is 48.2 Å². The van der Waals surface area contributed by atoms with E-state index in [1.807, 2.05) is 66.1 Å². The molecule has 0 radical (unpaired) electrons. The van der Waals surface area contributed by atoms with Crippen LogP contribution in [0.5, 0.6) is 11.5 Å². The first-order valence-electron chi connectivity index (χ1n) is 13.4. The van der Waals surface area contributed by atoms with E-state index in [9.17, 15) is 9.59 Å². The third-order valence-corrected chi connectivity index (χ3v) is 6.72. The van der Waals surface area contributed by atoms with Gasteiger partial charge in [0.05, 0.1) is 25.3 Å². The number of aromatic nitrogens is 2. The van der Waals surface area contributed by atoms with Crippen LogP contribution in [0.2, 0.25) is 0 Å². The Balaban J connectivity index is 1.33. The number of hydrogen-bond acceptors (Lipinski definition) is 5. The van der Waals surface area contributed by atoms with Crippen LogP contribution in [0.3, 0.4) is 0 Å². The highest BCUT2D eigenvalue weighted by Gasteiger charge is 2.18. The molecule has 3 aromatic carbocycles. The maximum atomic E-state index is 13.3. The Morgan fingerprint density at radius 2 is 1.64 bits per heavy atom. The van der Waals surface area contributed by atoms with Crippen LogP contribution in [0.4, 0.5) is 5.69 Å². The second-order valence-corrected chi connectivity index (χ2v) is 9.21. The van der Waals surface area contributed by atoms with Crippen molar-refractivity contribution in [2.45, 2.75) is 39.2 Å². The summed E-state index contributed by atoms with van der Waals surface area (Å²) in [6.45, 7) is 3.40. The summed E-state index contributed by atoms with van der Waals surface area (Å²) < 4.78 is 12.6. The maximum Gasteiger partial charge on any atom is 0.251 e. The van der Waals surface area contributed by atoms with Crippen molar-refractivity contribution >= 4 is 28.5 Å². The molecule has 0 fully saturated rings. The minimum absolute atomic E-state index is 0.0333. The molecule has 0 atom stereocenters. The Morgan fingerprint density at radius 3 is 2.38 bits per heavy atom. The molecule has 204 valence electrons. The summed E-state index contributed by atoms with van der Waals surface area (Å²) in [5.74, 6) is 1.91. The number of benzene rings is 3. The van der Waals surface area contributed by atoms with Gasteiger partial charge in [0, 0.05) is 30.8 Å². The molecule has 0 spiro atoms. The van der Waals surface area contributed by atoms with Crippen molar-refractivity contribution in [1.82, 2.24) is 14.9 Å². The third-order valence-electron chi connectivity index (χ3n) is 6.72. The number of hydrogen-bond donors (Lipinski definition) is 1. The molecule has 4 rings (SSSR count). The predicted molar refractivity (Wildman–Crippen MR) is 154 cm³/mol. The van der Waals surface area contributed by atoms with Crippen LogP contribution in [0.1, 0.15) is 42.4 Å². The van der Waals surface area contributed by atoms with Gasteiger partial charge in [-0.2, -0.15) is 0 Å². The van der Waals surface area contributed by atoms with Gasteiger partial charge in [-0.15, -0.1) is 0 Å². The van der Waals surface area contributed by atoms with E-state index in [2.05, 4.69) is 5.32 Å². The summed E-state index contributed by atoms with van der Waals surface area (Å²) in [6, 6.07) is 22.8. The highest BCUT2D eigenvalue weighted by atomic mass is 16.5. The SMILES string of the molecule is CCN(C(=O)Cn1c(CCCCCNC(=O)c2ccc(OC)c(OC)c2)nc2ccccc21)c1ccccc1. The third kappa shape index (κ3) is 6.76. The van der Waals surface area contributed by atoms with Crippen LogP contribution >= 0.6 is 0 Å². The molecule has 8 heteroatoms. The summed E-state index contributed by atoms with van der Waals surface area (Å²) in [6.07, 6.45) is 3.42. The zero-order valence-corrected chi connectivity index (χ0v) is 22.9. The quantitative estimate of drug-likeness (QED) is 0.240. The van der Waals surface area contributed by atoms with Crippen LogP contribution < -0.4 is 19.7 Å². The number of imidazole rings is 1. The number of anilines is 1. The van der Waals surface area contributed by atoms with Crippen molar-refractivity contribution in [2.75, 3.05) is 32.2 Å². The fraction of sp³-hybridized carbons (Fsp3) is 0.323. The number of aryl methyl sites for hydroxylation is 1. The molecule has 8 nitrogen and oxygen atoms in total. The minimum Gasteiger partial charge on any atom is -0.493 e. The number of nitrogens with one attached hydrogen (secondary N) is 1. The van der Waals surface area contributed by atoms with Crippen LogP contribution in [-0.4, -0.2) is 48.7 Å². The second-order valence-electron chi connectivity index (χ2n) is 9.21. The van der Waals surface area contributed by atoms with Crippen molar-refractivity contribution in [3.8, 4) is 11.5 Å². The van der Waals surface area contributed by atoms with Gasteiger partial charge in [0.2, 0.25) is 5.91 Å². The van der Waals surface area contributed by atoms with Gasteiger partial charge in [-0.05, 0) is 62.2 Å². The van der Waals surface area contributed by atoms with Gasteiger partial charge >= 0.3 is 0 Å². The number of unbranched alkanes of at least 4 members (excludes halogenated alkanes) is 2. The standard InChI is InChI=1S/C31H36N4O4/c1-4-34(24-13-7-5-8-14-24)30(36)22-35-26-16-11-10-15-25(26)33-29(35)17-9-6-12-20-32-31(37)23-18-19-27(38-2)28(21-23)39-3/h5,7-8,10-11,13-16,18-19,21H,4,6,9,12,17,20,22H2,1-3H3,(H,32,37). The van der Waals surface area contributed by atoms with Crippen LogP contribution in [0, 0.1) is 0 Å². The Hall–Kier alpha value is -4.33. The number of rotatable bonds is 13. The molecule has 0 bridgehead atoms. The first-order valence-corrected chi connectivity index (χ1v) is 13.4. The van der Waals surface area contributed by atoms with E-state index >= 15 is 0 Å². The molecule has 39 heavy (non-hydrogen) atoms. The predicted octanol–water partition coefficient (Wildman–Crippen LogP) is 5.25. The average molecular weight is 529 g/mol. The van der Waals surface area contributed by atoms with Crippen molar-refractivity contribution < 1.29 is 19.1 Å². The molecule has 0 aliphatic carbocycles. The van der Waals surface area contributed by atoms with Gasteiger partial charge in [0.15, 0.2) is 11.5 Å².